The zero-order chi connectivity index (χ0) is 25.1. The molecule has 0 radical (unpaired) electrons. The predicted octanol–water partition coefficient (Wildman–Crippen LogP) is 7.80. The third kappa shape index (κ3) is 4.06. The molecule has 3 heterocycles. The van der Waals surface area contributed by atoms with Crippen molar-refractivity contribution < 1.29 is 26.3 Å². The molecule has 5 rings (SSSR count). The second-order valence-electron chi connectivity index (χ2n) is 9.11. The van der Waals surface area contributed by atoms with E-state index in [2.05, 4.69) is 28.7 Å². The van der Waals surface area contributed by atoms with Crippen molar-refractivity contribution >= 4 is 22.6 Å². The van der Waals surface area contributed by atoms with Gasteiger partial charge in [-0.05, 0) is 61.6 Å². The third-order valence-electron chi connectivity index (χ3n) is 7.04. The van der Waals surface area contributed by atoms with Gasteiger partial charge >= 0.3 is 12.4 Å². The molecule has 3 nitrogen and oxygen atoms in total. The van der Waals surface area contributed by atoms with E-state index in [9.17, 15) is 26.3 Å². The maximum absolute atomic E-state index is 14.0. The van der Waals surface area contributed by atoms with Crippen LogP contribution in [0, 0.1) is 0 Å². The lowest BCUT2D eigenvalue weighted by atomic mass is 9.90. The Kier molecular flexibility index (Phi) is 5.41. The molecule has 3 aliphatic heterocycles. The van der Waals surface area contributed by atoms with Gasteiger partial charge in [-0.3, -0.25) is 0 Å². The molecule has 0 amide bonds. The van der Waals surface area contributed by atoms with Crippen molar-refractivity contribution in [3.05, 3.63) is 83.7 Å². The Labute approximate surface area is 198 Å². The molecule has 2 aromatic rings. The molecule has 0 spiro atoms. The van der Waals surface area contributed by atoms with Crippen molar-refractivity contribution in [2.24, 2.45) is 0 Å². The number of nitrogens with one attached hydrogen (secondary N) is 2. The zero-order valence-electron chi connectivity index (χ0n) is 18.7. The van der Waals surface area contributed by atoms with E-state index in [1.54, 1.807) is 6.07 Å². The number of rotatable bonds is 4. The fourth-order valence-electron chi connectivity index (χ4n) is 5.48. The molecule has 2 aromatic carbocycles. The van der Waals surface area contributed by atoms with E-state index in [-0.39, 0.29) is 45.9 Å². The average molecular weight is 491 g/mol. The standard InChI is InChI=1S/C26H23F6N3/c1-14-19(13-33-23-5-3-4-20(24(14)23)25(27,28)29)15(2)34-22-11-10-18(12-21(22)26(30,31)32)35-16-6-7-17(35)9-8-16/h3-5,10-13,16-17,33-34H,1-2,6-9H2. The molecule has 2 bridgehead atoms. The summed E-state index contributed by atoms with van der Waals surface area (Å²) < 4.78 is 82.8. The summed E-state index contributed by atoms with van der Waals surface area (Å²) in [5.41, 5.74) is -1.19. The van der Waals surface area contributed by atoms with Crippen LogP contribution in [-0.2, 0) is 12.4 Å². The Morgan fingerprint density at radius 3 is 2.14 bits per heavy atom. The van der Waals surface area contributed by atoms with Crippen LogP contribution in [-0.4, -0.2) is 12.1 Å². The van der Waals surface area contributed by atoms with Gasteiger partial charge in [0, 0.05) is 46.5 Å². The van der Waals surface area contributed by atoms with Crippen LogP contribution in [0.2, 0.25) is 0 Å². The topological polar surface area (TPSA) is 27.3 Å². The number of hydrogen-bond donors (Lipinski definition) is 2. The van der Waals surface area contributed by atoms with Gasteiger partial charge in [0.15, 0.2) is 0 Å². The smallest absolute Gasteiger partial charge is 0.366 e. The SMILES string of the molecule is C=C(Nc1ccc(N2C3CCC2CC3)cc1C(F)(F)F)C1=CNc2cccc(C(F)(F)F)c2C1=C. The summed E-state index contributed by atoms with van der Waals surface area (Å²) in [6, 6.07) is 8.38. The number of fused-ring (bicyclic) bond motifs is 3. The molecule has 3 aliphatic rings. The van der Waals surface area contributed by atoms with E-state index in [4.69, 9.17) is 0 Å². The highest BCUT2D eigenvalue weighted by molar-refractivity contribution is 5.93. The van der Waals surface area contributed by atoms with Gasteiger partial charge in [0.2, 0.25) is 0 Å². The van der Waals surface area contributed by atoms with Crippen molar-refractivity contribution in [1.29, 1.82) is 0 Å². The van der Waals surface area contributed by atoms with Gasteiger partial charge in [0.25, 0.3) is 0 Å². The molecule has 0 aromatic heterocycles. The van der Waals surface area contributed by atoms with Crippen LogP contribution in [0.1, 0.15) is 42.4 Å². The number of allylic oxidation sites excluding steroid dienone is 1. The van der Waals surface area contributed by atoms with E-state index in [0.29, 0.717) is 5.69 Å². The van der Waals surface area contributed by atoms with Gasteiger partial charge in [-0.1, -0.05) is 19.2 Å². The fourth-order valence-corrected chi connectivity index (χ4v) is 5.48. The second kappa shape index (κ2) is 8.10. The van der Waals surface area contributed by atoms with E-state index in [1.165, 1.54) is 24.4 Å². The van der Waals surface area contributed by atoms with Crippen LogP contribution in [0.5, 0.6) is 0 Å². The van der Waals surface area contributed by atoms with Crippen LogP contribution in [0.25, 0.3) is 5.57 Å². The Morgan fingerprint density at radius 2 is 1.54 bits per heavy atom. The lowest BCUT2D eigenvalue weighted by Crippen LogP contribution is -2.28. The molecule has 2 N–H and O–H groups in total. The maximum Gasteiger partial charge on any atom is 0.418 e. The first-order valence-electron chi connectivity index (χ1n) is 11.3. The first-order chi connectivity index (χ1) is 16.4. The van der Waals surface area contributed by atoms with Gasteiger partial charge in [0.05, 0.1) is 16.8 Å². The highest BCUT2D eigenvalue weighted by atomic mass is 19.4. The van der Waals surface area contributed by atoms with E-state index >= 15 is 0 Å². The summed E-state index contributed by atoms with van der Waals surface area (Å²) >= 11 is 0. The van der Waals surface area contributed by atoms with E-state index in [0.717, 1.165) is 37.8 Å². The minimum Gasteiger partial charge on any atom is -0.366 e. The molecule has 0 saturated carbocycles. The Hall–Kier alpha value is -3.36. The van der Waals surface area contributed by atoms with Crippen molar-refractivity contribution in [1.82, 2.24) is 0 Å². The summed E-state index contributed by atoms with van der Waals surface area (Å²) in [6.07, 6.45) is -3.95. The highest BCUT2D eigenvalue weighted by Gasteiger charge is 2.41. The first-order valence-corrected chi connectivity index (χ1v) is 11.3. The monoisotopic (exact) mass is 491 g/mol. The van der Waals surface area contributed by atoms with Gasteiger partial charge < -0.3 is 15.5 Å². The quantitative estimate of drug-likeness (QED) is 0.427. The molecule has 9 heteroatoms. The lowest BCUT2D eigenvalue weighted by molar-refractivity contribution is -0.138. The first kappa shape index (κ1) is 23.4. The molecular formula is C26H23F6N3. The minimum atomic E-state index is -4.64. The molecular weight excluding hydrogens is 468 g/mol. The van der Waals surface area contributed by atoms with E-state index < -0.39 is 23.5 Å². The third-order valence-corrected chi connectivity index (χ3v) is 7.04. The Balaban J connectivity index is 1.45. The number of benzene rings is 2. The zero-order valence-corrected chi connectivity index (χ0v) is 18.7. The molecule has 184 valence electrons. The van der Waals surface area contributed by atoms with Crippen molar-refractivity contribution in [3.8, 4) is 0 Å². The second-order valence-corrected chi connectivity index (χ2v) is 9.11. The van der Waals surface area contributed by atoms with Crippen LogP contribution in [0.4, 0.5) is 43.4 Å². The van der Waals surface area contributed by atoms with Crippen molar-refractivity contribution in [3.63, 3.8) is 0 Å². The molecule has 0 unspecified atom stereocenters. The minimum absolute atomic E-state index is 0.00428. The fraction of sp³-hybridized carbons (Fsp3) is 0.308. The van der Waals surface area contributed by atoms with Crippen molar-refractivity contribution in [2.45, 2.75) is 50.1 Å². The largest absolute Gasteiger partial charge is 0.418 e. The van der Waals surface area contributed by atoms with Crippen LogP contribution in [0.3, 0.4) is 0 Å². The normalized spacial score (nSPS) is 21.5. The van der Waals surface area contributed by atoms with Crippen molar-refractivity contribution in [2.75, 3.05) is 15.5 Å². The summed E-state index contributed by atoms with van der Waals surface area (Å²) in [5.74, 6) is 0. The predicted molar refractivity (Wildman–Crippen MR) is 125 cm³/mol. The number of anilines is 3. The highest BCUT2D eigenvalue weighted by Crippen LogP contribution is 2.46. The number of nitrogens with zero attached hydrogens (tertiary/aromatic N) is 1. The summed E-state index contributed by atoms with van der Waals surface area (Å²) in [5, 5.41) is 5.46. The number of halogens is 6. The summed E-state index contributed by atoms with van der Waals surface area (Å²) in [4.78, 5) is 2.08. The molecule has 0 atom stereocenters. The summed E-state index contributed by atoms with van der Waals surface area (Å²) in [7, 11) is 0. The van der Waals surface area contributed by atoms with E-state index in [1.807, 2.05) is 0 Å². The van der Waals surface area contributed by atoms with Crippen LogP contribution < -0.4 is 15.5 Å². The number of alkyl halides is 6. The molecule has 35 heavy (non-hydrogen) atoms. The van der Waals surface area contributed by atoms with Crippen LogP contribution >= 0.6 is 0 Å². The number of hydrogen-bond acceptors (Lipinski definition) is 3. The summed E-state index contributed by atoms with van der Waals surface area (Å²) in [6.45, 7) is 7.60. The average Bonchev–Trinajstić information content (AvgIpc) is 3.38. The van der Waals surface area contributed by atoms with Gasteiger partial charge in [-0.25, -0.2) is 0 Å². The van der Waals surface area contributed by atoms with Crippen LogP contribution in [0.15, 0.2) is 67.0 Å². The Morgan fingerprint density at radius 1 is 0.914 bits per heavy atom. The van der Waals surface area contributed by atoms with Gasteiger partial charge in [0.1, 0.15) is 0 Å². The molecule has 0 aliphatic carbocycles. The molecule has 2 saturated heterocycles. The lowest BCUT2D eigenvalue weighted by Gasteiger charge is -2.28. The Bertz CT molecular complexity index is 1220. The van der Waals surface area contributed by atoms with Gasteiger partial charge in [-0.15, -0.1) is 0 Å². The maximum atomic E-state index is 14.0. The van der Waals surface area contributed by atoms with Gasteiger partial charge in [-0.2, -0.15) is 26.3 Å². The molecule has 2 fully saturated rings.